The van der Waals surface area contributed by atoms with E-state index in [4.69, 9.17) is 0 Å². The van der Waals surface area contributed by atoms with Crippen molar-refractivity contribution in [2.75, 3.05) is 6.54 Å². The summed E-state index contributed by atoms with van der Waals surface area (Å²) in [5.74, 6) is -1.56. The van der Waals surface area contributed by atoms with Crippen molar-refractivity contribution in [1.82, 2.24) is 4.90 Å². The number of fused-ring (bicyclic) bond motifs is 2. The van der Waals surface area contributed by atoms with Crippen molar-refractivity contribution in [3.63, 3.8) is 0 Å². The van der Waals surface area contributed by atoms with Crippen LogP contribution in [0, 0.1) is 23.7 Å². The minimum Gasteiger partial charge on any atom is -0.481 e. The fourth-order valence-electron chi connectivity index (χ4n) is 4.46. The SMILES string of the molecule is C=CCN(C(=O)C1C2C=CC(C2)C1C(=O)O)C1CCCC1. The van der Waals surface area contributed by atoms with Crippen molar-refractivity contribution >= 4 is 11.9 Å². The predicted molar refractivity (Wildman–Crippen MR) is 79.5 cm³/mol. The Morgan fingerprint density at radius 3 is 2.38 bits per heavy atom. The molecule has 2 saturated carbocycles. The van der Waals surface area contributed by atoms with Gasteiger partial charge in [-0.2, -0.15) is 0 Å². The molecule has 0 heterocycles. The lowest BCUT2D eigenvalue weighted by Gasteiger charge is -2.34. The lowest BCUT2D eigenvalue weighted by Crippen LogP contribution is -2.46. The van der Waals surface area contributed by atoms with Crippen LogP contribution >= 0.6 is 0 Å². The molecule has 3 aliphatic carbocycles. The average Bonchev–Trinajstić information content (AvgIpc) is 3.18. The third-order valence-electron chi connectivity index (χ3n) is 5.40. The van der Waals surface area contributed by atoms with Crippen molar-refractivity contribution < 1.29 is 14.7 Å². The maximum absolute atomic E-state index is 13.0. The Hall–Kier alpha value is -1.58. The first-order valence-electron chi connectivity index (χ1n) is 7.96. The zero-order valence-electron chi connectivity index (χ0n) is 12.3. The van der Waals surface area contributed by atoms with E-state index in [1.807, 2.05) is 17.1 Å². The molecule has 1 N–H and O–H groups in total. The number of amides is 1. The molecule has 4 unspecified atom stereocenters. The van der Waals surface area contributed by atoms with Gasteiger partial charge in [-0.1, -0.05) is 31.1 Å². The molecule has 0 aromatic heterocycles. The van der Waals surface area contributed by atoms with Gasteiger partial charge in [0, 0.05) is 12.6 Å². The van der Waals surface area contributed by atoms with Gasteiger partial charge in [-0.15, -0.1) is 6.58 Å². The highest BCUT2D eigenvalue weighted by molar-refractivity contribution is 5.87. The monoisotopic (exact) mass is 289 g/mol. The zero-order valence-corrected chi connectivity index (χ0v) is 12.3. The molecule has 3 aliphatic rings. The predicted octanol–water partition coefficient (Wildman–Crippen LogP) is 2.47. The largest absolute Gasteiger partial charge is 0.481 e. The van der Waals surface area contributed by atoms with Crippen molar-refractivity contribution in [2.45, 2.75) is 38.1 Å². The minimum atomic E-state index is -0.824. The molecule has 3 rings (SSSR count). The Morgan fingerprint density at radius 2 is 1.81 bits per heavy atom. The smallest absolute Gasteiger partial charge is 0.307 e. The molecule has 4 nitrogen and oxygen atoms in total. The lowest BCUT2D eigenvalue weighted by atomic mass is 9.81. The second-order valence-corrected chi connectivity index (χ2v) is 6.56. The first kappa shape index (κ1) is 14.4. The highest BCUT2D eigenvalue weighted by Gasteiger charge is 2.53. The van der Waals surface area contributed by atoms with Gasteiger partial charge in [0.1, 0.15) is 0 Å². The summed E-state index contributed by atoms with van der Waals surface area (Å²) in [4.78, 5) is 26.5. The third kappa shape index (κ3) is 2.41. The molecular weight excluding hydrogens is 266 g/mol. The van der Waals surface area contributed by atoms with E-state index < -0.39 is 11.9 Å². The molecule has 0 aromatic carbocycles. The van der Waals surface area contributed by atoms with Crippen LogP contribution in [-0.2, 0) is 9.59 Å². The molecule has 2 fully saturated rings. The van der Waals surface area contributed by atoms with Gasteiger partial charge >= 0.3 is 5.97 Å². The van der Waals surface area contributed by atoms with Gasteiger partial charge in [-0.05, 0) is 31.1 Å². The molecular formula is C17H23NO3. The molecule has 0 aliphatic heterocycles. The Kier molecular flexibility index (Phi) is 3.87. The number of aliphatic carboxylic acids is 1. The van der Waals surface area contributed by atoms with Gasteiger partial charge in [0.15, 0.2) is 0 Å². The van der Waals surface area contributed by atoms with Gasteiger partial charge < -0.3 is 10.0 Å². The lowest BCUT2D eigenvalue weighted by molar-refractivity contribution is -0.151. The minimum absolute atomic E-state index is 0.0334. The average molecular weight is 289 g/mol. The number of carbonyl (C=O) groups excluding carboxylic acids is 1. The molecule has 1 amide bonds. The highest BCUT2D eigenvalue weighted by atomic mass is 16.4. The quantitative estimate of drug-likeness (QED) is 0.791. The highest BCUT2D eigenvalue weighted by Crippen LogP contribution is 2.49. The van der Waals surface area contributed by atoms with Gasteiger partial charge in [-0.3, -0.25) is 9.59 Å². The molecule has 21 heavy (non-hydrogen) atoms. The van der Waals surface area contributed by atoms with E-state index in [1.54, 1.807) is 6.08 Å². The molecule has 2 bridgehead atoms. The number of carboxylic acid groups (broad SMARTS) is 1. The first-order chi connectivity index (χ1) is 10.1. The van der Waals surface area contributed by atoms with E-state index in [9.17, 15) is 14.7 Å². The molecule has 0 aromatic rings. The third-order valence-corrected chi connectivity index (χ3v) is 5.40. The molecule has 0 radical (unpaired) electrons. The second kappa shape index (κ2) is 5.66. The van der Waals surface area contributed by atoms with Crippen LogP contribution < -0.4 is 0 Å². The standard InChI is InChI=1S/C17H23NO3/c1-2-9-18(13-5-3-4-6-13)16(19)14-11-7-8-12(10-11)15(14)17(20)21/h2,7-8,11-15H,1,3-6,9-10H2,(H,20,21). The van der Waals surface area contributed by atoms with E-state index in [0.717, 1.165) is 32.1 Å². The fraction of sp³-hybridized carbons (Fsp3) is 0.647. The van der Waals surface area contributed by atoms with Crippen molar-refractivity contribution in [3.05, 3.63) is 24.8 Å². The van der Waals surface area contributed by atoms with E-state index in [-0.39, 0.29) is 29.7 Å². The number of carboxylic acids is 1. The van der Waals surface area contributed by atoms with Crippen molar-refractivity contribution in [3.8, 4) is 0 Å². The van der Waals surface area contributed by atoms with Crippen LogP contribution in [0.3, 0.4) is 0 Å². The Labute approximate surface area is 125 Å². The number of hydrogen-bond donors (Lipinski definition) is 1. The Balaban J connectivity index is 1.83. The van der Waals surface area contributed by atoms with Gasteiger partial charge in [-0.25, -0.2) is 0 Å². The van der Waals surface area contributed by atoms with E-state index >= 15 is 0 Å². The van der Waals surface area contributed by atoms with Crippen LogP contribution in [0.4, 0.5) is 0 Å². The maximum Gasteiger partial charge on any atom is 0.307 e. The van der Waals surface area contributed by atoms with Gasteiger partial charge in [0.2, 0.25) is 5.91 Å². The first-order valence-corrected chi connectivity index (χ1v) is 7.96. The van der Waals surface area contributed by atoms with Crippen LogP contribution in [0.15, 0.2) is 24.8 Å². The Bertz CT molecular complexity index is 478. The van der Waals surface area contributed by atoms with Crippen LogP contribution in [0.5, 0.6) is 0 Å². The zero-order chi connectivity index (χ0) is 15.0. The van der Waals surface area contributed by atoms with Crippen molar-refractivity contribution in [1.29, 1.82) is 0 Å². The van der Waals surface area contributed by atoms with Crippen LogP contribution in [0.2, 0.25) is 0 Å². The maximum atomic E-state index is 13.0. The number of carbonyl (C=O) groups is 2. The van der Waals surface area contributed by atoms with Crippen LogP contribution in [0.25, 0.3) is 0 Å². The molecule has 114 valence electrons. The number of hydrogen-bond acceptors (Lipinski definition) is 2. The summed E-state index contributed by atoms with van der Waals surface area (Å²) in [6.45, 7) is 4.29. The molecule has 4 heteroatoms. The Morgan fingerprint density at radius 1 is 1.19 bits per heavy atom. The summed E-state index contributed by atoms with van der Waals surface area (Å²) in [6.07, 6.45) is 11.0. The van der Waals surface area contributed by atoms with Gasteiger partial charge in [0.25, 0.3) is 0 Å². The molecule has 0 spiro atoms. The molecule has 4 atom stereocenters. The summed E-state index contributed by atoms with van der Waals surface area (Å²) < 4.78 is 0. The van der Waals surface area contributed by atoms with Crippen molar-refractivity contribution in [2.24, 2.45) is 23.7 Å². The topological polar surface area (TPSA) is 57.6 Å². The van der Waals surface area contributed by atoms with E-state index in [0.29, 0.717) is 6.54 Å². The van der Waals surface area contributed by atoms with E-state index in [2.05, 4.69) is 6.58 Å². The normalized spacial score (nSPS) is 34.3. The summed E-state index contributed by atoms with van der Waals surface area (Å²) in [5, 5.41) is 9.51. The summed E-state index contributed by atoms with van der Waals surface area (Å²) in [6, 6.07) is 0.271. The summed E-state index contributed by atoms with van der Waals surface area (Å²) in [5.41, 5.74) is 0. The summed E-state index contributed by atoms with van der Waals surface area (Å²) in [7, 11) is 0. The second-order valence-electron chi connectivity index (χ2n) is 6.56. The van der Waals surface area contributed by atoms with E-state index in [1.165, 1.54) is 0 Å². The van der Waals surface area contributed by atoms with Crippen LogP contribution in [0.1, 0.15) is 32.1 Å². The summed E-state index contributed by atoms with van der Waals surface area (Å²) >= 11 is 0. The fourth-order valence-corrected chi connectivity index (χ4v) is 4.46. The number of allylic oxidation sites excluding steroid dienone is 2. The number of nitrogens with zero attached hydrogens (tertiary/aromatic N) is 1. The number of rotatable bonds is 5. The van der Waals surface area contributed by atoms with Gasteiger partial charge in [0.05, 0.1) is 11.8 Å². The molecule has 0 saturated heterocycles. The van der Waals surface area contributed by atoms with Crippen LogP contribution in [-0.4, -0.2) is 34.5 Å².